The van der Waals surface area contributed by atoms with Crippen LogP contribution in [0.5, 0.6) is 0 Å². The van der Waals surface area contributed by atoms with E-state index in [9.17, 15) is 10.1 Å². The quantitative estimate of drug-likeness (QED) is 0.332. The summed E-state index contributed by atoms with van der Waals surface area (Å²) in [5.41, 5.74) is 7.62. The van der Waals surface area contributed by atoms with Crippen LogP contribution in [0.15, 0.2) is 41.5 Å². The fraction of sp³-hybridized carbons (Fsp3) is 0.278. The highest BCUT2D eigenvalue weighted by atomic mass is 35.5. The molecule has 146 valence electrons. The molecular formula is C18H19ClN6O2S. The van der Waals surface area contributed by atoms with E-state index in [-0.39, 0.29) is 10.7 Å². The molecule has 1 aliphatic rings. The molecule has 8 nitrogen and oxygen atoms in total. The number of rotatable bonds is 5. The number of nitro groups is 1. The first-order valence-electron chi connectivity index (χ1n) is 8.79. The van der Waals surface area contributed by atoms with E-state index in [1.807, 2.05) is 6.07 Å². The van der Waals surface area contributed by atoms with Crippen LogP contribution in [0.1, 0.15) is 25.0 Å². The molecule has 1 saturated heterocycles. The predicted molar refractivity (Wildman–Crippen MR) is 113 cm³/mol. The highest BCUT2D eigenvalue weighted by molar-refractivity contribution is 7.80. The van der Waals surface area contributed by atoms with Crippen LogP contribution in [0.4, 0.5) is 5.69 Å². The minimum atomic E-state index is -0.487. The van der Waals surface area contributed by atoms with Crippen LogP contribution in [-0.4, -0.2) is 39.3 Å². The maximum absolute atomic E-state index is 10.8. The lowest BCUT2D eigenvalue weighted by molar-refractivity contribution is -0.384. The number of halogens is 1. The number of hydrazone groups is 1. The summed E-state index contributed by atoms with van der Waals surface area (Å²) >= 11 is 11.4. The second kappa shape index (κ2) is 9.54. The van der Waals surface area contributed by atoms with Gasteiger partial charge in [0.05, 0.1) is 27.5 Å². The average molecular weight is 419 g/mol. The highest BCUT2D eigenvalue weighted by Crippen LogP contribution is 2.29. The van der Waals surface area contributed by atoms with Gasteiger partial charge in [-0.25, -0.2) is 9.99 Å². The van der Waals surface area contributed by atoms with Crippen LogP contribution in [0.3, 0.4) is 0 Å². The third-order valence-electron chi connectivity index (χ3n) is 4.19. The normalized spacial score (nSPS) is 14.8. The Bertz CT molecular complexity index is 901. The van der Waals surface area contributed by atoms with E-state index in [4.69, 9.17) is 23.8 Å². The van der Waals surface area contributed by atoms with Gasteiger partial charge in [0.15, 0.2) is 0 Å². The molecule has 0 aliphatic carbocycles. The topological polar surface area (TPSA) is 95.7 Å². The number of hydrazine groups is 1. The van der Waals surface area contributed by atoms with E-state index in [0.717, 1.165) is 25.9 Å². The maximum atomic E-state index is 10.8. The van der Waals surface area contributed by atoms with Crippen LogP contribution in [0.2, 0.25) is 5.02 Å². The van der Waals surface area contributed by atoms with Gasteiger partial charge in [0.2, 0.25) is 5.11 Å². The SMILES string of the molecule is O=[N+]([O-])c1ccc(-c2cccc(C=NNC(=S)NN3CCCCC3)n2)c(Cl)c1. The smallest absolute Gasteiger partial charge is 0.270 e. The van der Waals surface area contributed by atoms with Crippen LogP contribution in [-0.2, 0) is 0 Å². The zero-order valence-electron chi connectivity index (χ0n) is 15.0. The van der Waals surface area contributed by atoms with Crippen LogP contribution >= 0.6 is 23.8 Å². The maximum Gasteiger partial charge on any atom is 0.270 e. The molecule has 0 spiro atoms. The van der Waals surface area contributed by atoms with Gasteiger partial charge in [-0.3, -0.25) is 21.0 Å². The third-order valence-corrected chi connectivity index (χ3v) is 4.68. The van der Waals surface area contributed by atoms with Gasteiger partial charge in [-0.05, 0) is 43.3 Å². The molecule has 1 aliphatic heterocycles. The highest BCUT2D eigenvalue weighted by Gasteiger charge is 2.12. The van der Waals surface area contributed by atoms with Crippen molar-refractivity contribution in [3.05, 3.63) is 57.2 Å². The molecule has 28 heavy (non-hydrogen) atoms. The molecule has 10 heteroatoms. The number of nitrogens with one attached hydrogen (secondary N) is 2. The number of nitrogens with zero attached hydrogens (tertiary/aromatic N) is 4. The van der Waals surface area contributed by atoms with E-state index in [0.29, 0.717) is 22.1 Å². The number of non-ortho nitro benzene ring substituents is 1. The molecule has 0 unspecified atom stereocenters. The van der Waals surface area contributed by atoms with Crippen molar-refractivity contribution in [3.63, 3.8) is 0 Å². The number of hydrogen-bond acceptors (Lipinski definition) is 6. The Kier molecular flexibility index (Phi) is 6.85. The molecule has 2 heterocycles. The monoisotopic (exact) mass is 418 g/mol. The molecular weight excluding hydrogens is 400 g/mol. The zero-order valence-corrected chi connectivity index (χ0v) is 16.5. The van der Waals surface area contributed by atoms with E-state index >= 15 is 0 Å². The summed E-state index contributed by atoms with van der Waals surface area (Å²) in [6.07, 6.45) is 5.10. The van der Waals surface area contributed by atoms with Gasteiger partial charge in [0.25, 0.3) is 5.69 Å². The van der Waals surface area contributed by atoms with Gasteiger partial charge >= 0.3 is 0 Å². The van der Waals surface area contributed by atoms with Crippen molar-refractivity contribution in [1.82, 2.24) is 20.8 Å². The van der Waals surface area contributed by atoms with E-state index in [2.05, 4.69) is 25.9 Å². The Hall–Kier alpha value is -2.62. The Morgan fingerprint density at radius 3 is 2.79 bits per heavy atom. The predicted octanol–water partition coefficient (Wildman–Crippen LogP) is 3.51. The summed E-state index contributed by atoms with van der Waals surface area (Å²) in [7, 11) is 0. The van der Waals surface area contributed by atoms with Crippen molar-refractivity contribution < 1.29 is 4.92 Å². The molecule has 0 saturated carbocycles. The van der Waals surface area contributed by atoms with Crippen molar-refractivity contribution in [2.75, 3.05) is 13.1 Å². The Morgan fingerprint density at radius 1 is 1.29 bits per heavy atom. The van der Waals surface area contributed by atoms with Crippen LogP contribution in [0, 0.1) is 10.1 Å². The van der Waals surface area contributed by atoms with Crippen molar-refractivity contribution in [2.24, 2.45) is 5.10 Å². The molecule has 1 aromatic carbocycles. The molecule has 0 radical (unpaired) electrons. The Labute approximate surface area is 172 Å². The number of pyridine rings is 1. The first-order valence-corrected chi connectivity index (χ1v) is 9.57. The molecule has 2 N–H and O–H groups in total. The van der Waals surface area contributed by atoms with Crippen LogP contribution in [0.25, 0.3) is 11.3 Å². The summed E-state index contributed by atoms with van der Waals surface area (Å²) in [6.45, 7) is 1.93. The Morgan fingerprint density at radius 2 is 2.07 bits per heavy atom. The second-order valence-electron chi connectivity index (χ2n) is 6.23. The summed E-state index contributed by atoms with van der Waals surface area (Å²) < 4.78 is 0. The molecule has 3 rings (SSSR count). The minimum Gasteiger partial charge on any atom is -0.294 e. The zero-order chi connectivity index (χ0) is 19.9. The third kappa shape index (κ3) is 5.44. The van der Waals surface area contributed by atoms with Gasteiger partial charge in [-0.1, -0.05) is 24.1 Å². The molecule has 0 bridgehead atoms. The summed E-state index contributed by atoms with van der Waals surface area (Å²) in [4.78, 5) is 14.8. The lowest BCUT2D eigenvalue weighted by Gasteiger charge is -2.27. The lowest BCUT2D eigenvalue weighted by atomic mass is 10.1. The lowest BCUT2D eigenvalue weighted by Crippen LogP contribution is -2.48. The van der Waals surface area contributed by atoms with E-state index in [1.54, 1.807) is 24.4 Å². The summed E-state index contributed by atoms with van der Waals surface area (Å²) in [5.74, 6) is 0. The number of aromatic nitrogens is 1. The Balaban J connectivity index is 1.64. The number of piperidine rings is 1. The van der Waals surface area contributed by atoms with Crippen molar-refractivity contribution >= 4 is 40.8 Å². The molecule has 2 aromatic rings. The first kappa shape index (κ1) is 20.1. The van der Waals surface area contributed by atoms with Gasteiger partial charge in [0.1, 0.15) is 0 Å². The summed E-state index contributed by atoms with van der Waals surface area (Å²) in [5, 5.41) is 17.7. The molecule has 0 atom stereocenters. The van der Waals surface area contributed by atoms with Crippen molar-refractivity contribution in [3.8, 4) is 11.3 Å². The number of hydrogen-bond donors (Lipinski definition) is 2. The summed E-state index contributed by atoms with van der Waals surface area (Å²) in [6, 6.07) is 9.67. The molecule has 1 fully saturated rings. The van der Waals surface area contributed by atoms with Gasteiger partial charge in [-0.15, -0.1) is 0 Å². The minimum absolute atomic E-state index is 0.0645. The van der Waals surface area contributed by atoms with Gasteiger partial charge in [0, 0.05) is 30.8 Å². The second-order valence-corrected chi connectivity index (χ2v) is 7.04. The average Bonchev–Trinajstić information content (AvgIpc) is 2.69. The number of benzene rings is 1. The van der Waals surface area contributed by atoms with E-state index in [1.165, 1.54) is 18.6 Å². The van der Waals surface area contributed by atoms with Gasteiger partial charge < -0.3 is 0 Å². The fourth-order valence-corrected chi connectivity index (χ4v) is 3.28. The largest absolute Gasteiger partial charge is 0.294 e. The first-order chi connectivity index (χ1) is 13.5. The molecule has 0 amide bonds. The van der Waals surface area contributed by atoms with Crippen LogP contribution < -0.4 is 10.9 Å². The van der Waals surface area contributed by atoms with Gasteiger partial charge in [-0.2, -0.15) is 5.10 Å². The number of nitro benzene ring substituents is 1. The van der Waals surface area contributed by atoms with Crippen molar-refractivity contribution in [1.29, 1.82) is 0 Å². The molecule has 1 aromatic heterocycles. The standard InChI is InChI=1S/C18H19ClN6O2S/c19-16-11-14(25(26)27)7-8-15(16)17-6-4-5-13(21-17)12-20-22-18(28)23-24-9-2-1-3-10-24/h4-8,11-12H,1-3,9-10H2,(H2,22,23,28). The van der Waals surface area contributed by atoms with E-state index < -0.39 is 4.92 Å². The fourth-order valence-electron chi connectivity index (χ4n) is 2.83. The van der Waals surface area contributed by atoms with Crippen molar-refractivity contribution in [2.45, 2.75) is 19.3 Å². The number of thiocarbonyl (C=S) groups is 1.